The van der Waals surface area contributed by atoms with Crippen molar-refractivity contribution in [3.8, 4) is 5.75 Å². The topological polar surface area (TPSA) is 37.3 Å². The Balaban J connectivity index is 2.20. The highest BCUT2D eigenvalue weighted by atomic mass is 16.3. The first-order chi connectivity index (χ1) is 8.16. The Morgan fingerprint density at radius 1 is 1.12 bits per heavy atom. The van der Waals surface area contributed by atoms with Crippen molar-refractivity contribution in [1.82, 2.24) is 0 Å². The summed E-state index contributed by atoms with van der Waals surface area (Å²) in [7, 11) is 0. The summed E-state index contributed by atoms with van der Waals surface area (Å²) < 4.78 is 0. The maximum atomic E-state index is 12.1. The molecule has 0 amide bonds. The van der Waals surface area contributed by atoms with Crippen LogP contribution >= 0.6 is 0 Å². The van der Waals surface area contributed by atoms with Gasteiger partial charge in [0.25, 0.3) is 0 Å². The molecule has 86 valence electrons. The molecule has 0 spiro atoms. The van der Waals surface area contributed by atoms with Gasteiger partial charge < -0.3 is 5.11 Å². The van der Waals surface area contributed by atoms with Gasteiger partial charge in [0.15, 0.2) is 5.78 Å². The molecular formula is C15H14O2. The van der Waals surface area contributed by atoms with Gasteiger partial charge in [-0.15, -0.1) is 0 Å². The third-order valence-electron chi connectivity index (χ3n) is 2.72. The van der Waals surface area contributed by atoms with Crippen molar-refractivity contribution in [3.05, 3.63) is 65.2 Å². The van der Waals surface area contributed by atoms with Crippen molar-refractivity contribution in [2.45, 2.75) is 13.3 Å². The van der Waals surface area contributed by atoms with Crippen LogP contribution in [0.1, 0.15) is 21.5 Å². The predicted octanol–water partition coefficient (Wildman–Crippen LogP) is 3.13. The van der Waals surface area contributed by atoms with Crippen molar-refractivity contribution in [1.29, 1.82) is 0 Å². The van der Waals surface area contributed by atoms with Crippen LogP contribution in [0.4, 0.5) is 0 Å². The highest BCUT2D eigenvalue weighted by Crippen LogP contribution is 2.15. The number of carbonyl (C=O) groups is 1. The number of rotatable bonds is 3. The van der Waals surface area contributed by atoms with Gasteiger partial charge in [0.2, 0.25) is 0 Å². The quantitative estimate of drug-likeness (QED) is 0.816. The minimum absolute atomic E-state index is 0.0775. The normalized spacial score (nSPS) is 10.2. The molecule has 0 bridgehead atoms. The molecule has 0 heterocycles. The summed E-state index contributed by atoms with van der Waals surface area (Å²) in [5, 5.41) is 9.34. The standard InChI is InChI=1S/C15H14O2/c1-11-5-2-3-8-14(11)15(17)10-12-6-4-7-13(16)9-12/h2-9,16H,10H2,1H3. The van der Waals surface area contributed by atoms with E-state index in [9.17, 15) is 9.90 Å². The van der Waals surface area contributed by atoms with Crippen LogP contribution < -0.4 is 0 Å². The molecule has 0 unspecified atom stereocenters. The molecule has 1 N–H and O–H groups in total. The zero-order chi connectivity index (χ0) is 12.3. The lowest BCUT2D eigenvalue weighted by molar-refractivity contribution is 0.0992. The summed E-state index contributed by atoms with van der Waals surface area (Å²) in [5.74, 6) is 0.272. The van der Waals surface area contributed by atoms with Gasteiger partial charge in [0.05, 0.1) is 0 Å². The van der Waals surface area contributed by atoms with Gasteiger partial charge in [-0.3, -0.25) is 4.79 Å². The number of phenols is 1. The molecule has 0 atom stereocenters. The van der Waals surface area contributed by atoms with Crippen LogP contribution in [0, 0.1) is 6.92 Å². The third kappa shape index (κ3) is 2.72. The maximum absolute atomic E-state index is 12.1. The van der Waals surface area contributed by atoms with E-state index in [4.69, 9.17) is 0 Å². The number of hydrogen-bond acceptors (Lipinski definition) is 2. The number of Topliss-reactive ketones (excluding diaryl/α,β-unsaturated/α-hetero) is 1. The van der Waals surface area contributed by atoms with Gasteiger partial charge in [0, 0.05) is 12.0 Å². The highest BCUT2D eigenvalue weighted by Gasteiger charge is 2.09. The number of carbonyl (C=O) groups excluding carboxylic acids is 1. The summed E-state index contributed by atoms with van der Waals surface area (Å²) in [5.41, 5.74) is 2.56. The van der Waals surface area contributed by atoms with E-state index in [-0.39, 0.29) is 11.5 Å². The van der Waals surface area contributed by atoms with Crippen molar-refractivity contribution >= 4 is 5.78 Å². The number of aromatic hydroxyl groups is 1. The third-order valence-corrected chi connectivity index (χ3v) is 2.72. The Bertz CT molecular complexity index is 544. The lowest BCUT2D eigenvalue weighted by Gasteiger charge is -2.05. The zero-order valence-electron chi connectivity index (χ0n) is 9.68. The molecular weight excluding hydrogens is 212 g/mol. The SMILES string of the molecule is Cc1ccccc1C(=O)Cc1cccc(O)c1. The molecule has 0 saturated heterocycles. The summed E-state index contributed by atoms with van der Waals surface area (Å²) in [6.07, 6.45) is 0.319. The van der Waals surface area contributed by atoms with Gasteiger partial charge in [0.1, 0.15) is 5.75 Å². The van der Waals surface area contributed by atoms with Gasteiger partial charge in [-0.25, -0.2) is 0 Å². The number of phenolic OH excluding ortho intramolecular Hbond substituents is 1. The largest absolute Gasteiger partial charge is 0.508 e. The molecule has 2 rings (SSSR count). The molecule has 0 saturated carbocycles. The van der Waals surface area contributed by atoms with E-state index >= 15 is 0 Å². The average molecular weight is 226 g/mol. The monoisotopic (exact) mass is 226 g/mol. The Morgan fingerprint density at radius 2 is 1.88 bits per heavy atom. The van der Waals surface area contributed by atoms with E-state index in [1.807, 2.05) is 37.3 Å². The molecule has 0 aliphatic heterocycles. The summed E-state index contributed by atoms with van der Waals surface area (Å²) in [6.45, 7) is 1.93. The van der Waals surface area contributed by atoms with Crippen molar-refractivity contribution in [2.24, 2.45) is 0 Å². The molecule has 0 aliphatic carbocycles. The first-order valence-electron chi connectivity index (χ1n) is 5.53. The van der Waals surface area contributed by atoms with E-state index in [2.05, 4.69) is 0 Å². The van der Waals surface area contributed by atoms with Crippen molar-refractivity contribution in [3.63, 3.8) is 0 Å². The second-order valence-electron chi connectivity index (χ2n) is 4.08. The predicted molar refractivity (Wildman–Crippen MR) is 67.3 cm³/mol. The highest BCUT2D eigenvalue weighted by molar-refractivity contribution is 5.98. The van der Waals surface area contributed by atoms with Crippen molar-refractivity contribution in [2.75, 3.05) is 0 Å². The fourth-order valence-corrected chi connectivity index (χ4v) is 1.83. The van der Waals surface area contributed by atoms with Gasteiger partial charge in [-0.2, -0.15) is 0 Å². The van der Waals surface area contributed by atoms with E-state index in [1.54, 1.807) is 18.2 Å². The molecule has 0 radical (unpaired) electrons. The van der Waals surface area contributed by atoms with Crippen LogP contribution in [0.25, 0.3) is 0 Å². The molecule has 2 nitrogen and oxygen atoms in total. The van der Waals surface area contributed by atoms with Gasteiger partial charge >= 0.3 is 0 Å². The van der Waals surface area contributed by atoms with E-state index < -0.39 is 0 Å². The zero-order valence-corrected chi connectivity index (χ0v) is 9.68. The van der Waals surface area contributed by atoms with Crippen molar-refractivity contribution < 1.29 is 9.90 Å². The lowest BCUT2D eigenvalue weighted by atomic mass is 9.99. The summed E-state index contributed by atoms with van der Waals surface area (Å²) >= 11 is 0. The Hall–Kier alpha value is -2.09. The van der Waals surface area contributed by atoms with Crippen LogP contribution in [-0.4, -0.2) is 10.9 Å². The Labute approximate surface area is 101 Å². The van der Waals surface area contributed by atoms with Gasteiger partial charge in [-0.1, -0.05) is 36.4 Å². The Kier molecular flexibility index (Phi) is 3.24. The lowest BCUT2D eigenvalue weighted by Crippen LogP contribution is -2.05. The first kappa shape index (κ1) is 11.4. The Morgan fingerprint density at radius 3 is 2.59 bits per heavy atom. The first-order valence-corrected chi connectivity index (χ1v) is 5.53. The number of aryl methyl sites for hydroxylation is 1. The molecule has 0 fully saturated rings. The smallest absolute Gasteiger partial charge is 0.167 e. The summed E-state index contributed by atoms with van der Waals surface area (Å²) in [6, 6.07) is 14.4. The van der Waals surface area contributed by atoms with E-state index in [1.165, 1.54) is 0 Å². The second kappa shape index (κ2) is 4.83. The molecule has 2 heteroatoms. The number of benzene rings is 2. The molecule has 0 aliphatic rings. The number of hydrogen-bond donors (Lipinski definition) is 1. The summed E-state index contributed by atoms with van der Waals surface area (Å²) in [4.78, 5) is 12.1. The molecule has 2 aromatic rings. The van der Waals surface area contributed by atoms with Crippen LogP contribution in [0.3, 0.4) is 0 Å². The van der Waals surface area contributed by atoms with Crippen LogP contribution in [0.5, 0.6) is 5.75 Å². The molecule has 17 heavy (non-hydrogen) atoms. The minimum Gasteiger partial charge on any atom is -0.508 e. The fourth-order valence-electron chi connectivity index (χ4n) is 1.83. The van der Waals surface area contributed by atoms with Crippen LogP contribution in [0.15, 0.2) is 48.5 Å². The second-order valence-corrected chi connectivity index (χ2v) is 4.08. The maximum Gasteiger partial charge on any atom is 0.167 e. The average Bonchev–Trinajstić information content (AvgIpc) is 2.29. The van der Waals surface area contributed by atoms with Crippen LogP contribution in [-0.2, 0) is 6.42 Å². The van der Waals surface area contributed by atoms with E-state index in [0.717, 1.165) is 16.7 Å². The minimum atomic E-state index is 0.0775. The van der Waals surface area contributed by atoms with Crippen LogP contribution in [0.2, 0.25) is 0 Å². The molecule has 2 aromatic carbocycles. The van der Waals surface area contributed by atoms with E-state index in [0.29, 0.717) is 6.42 Å². The molecule has 0 aromatic heterocycles. The van der Waals surface area contributed by atoms with Gasteiger partial charge in [-0.05, 0) is 30.2 Å². The fraction of sp³-hybridized carbons (Fsp3) is 0.133. The number of ketones is 1.